The maximum absolute atomic E-state index is 5.95. The smallest absolute Gasteiger partial charge is 0.0662 e. The number of hydrogen-bond donors (Lipinski definition) is 1. The van der Waals surface area contributed by atoms with Crippen LogP contribution in [0.25, 0.3) is 6.20 Å². The number of nitrogens with one attached hydrogen (secondary N) is 1. The second-order valence-electron chi connectivity index (χ2n) is 5.97. The minimum atomic E-state index is 0.267. The molecule has 0 unspecified atom stereocenters. The number of hydrogen-bond acceptors (Lipinski definition) is 4. The Labute approximate surface area is 126 Å². The van der Waals surface area contributed by atoms with Crippen LogP contribution < -0.4 is 5.32 Å². The van der Waals surface area contributed by atoms with Gasteiger partial charge in [0.05, 0.1) is 12.3 Å². The summed E-state index contributed by atoms with van der Waals surface area (Å²) in [5, 5.41) is 7.92. The zero-order valence-corrected chi connectivity index (χ0v) is 12.8. The first-order chi connectivity index (χ1) is 10.3. The highest BCUT2D eigenvalue weighted by molar-refractivity contribution is 5.18. The Kier molecular flexibility index (Phi) is 4.42. The Morgan fingerprint density at radius 1 is 1.57 bits per heavy atom. The van der Waals surface area contributed by atoms with E-state index >= 15 is 0 Å². The molecule has 3 rings (SSSR count). The first-order valence-corrected chi connectivity index (χ1v) is 7.87. The van der Waals surface area contributed by atoms with E-state index in [2.05, 4.69) is 23.9 Å². The monoisotopic (exact) mass is 291 g/mol. The highest BCUT2D eigenvalue weighted by atomic mass is 16.5. The largest absolute Gasteiger partial charge is 0.381 e. The van der Waals surface area contributed by atoms with E-state index in [0.29, 0.717) is 12.1 Å². The third-order valence-corrected chi connectivity index (χ3v) is 4.97. The second-order valence-corrected chi connectivity index (χ2v) is 5.97. The zero-order chi connectivity index (χ0) is 14.7. The lowest BCUT2D eigenvalue weighted by Gasteiger charge is -2.57. The van der Waals surface area contributed by atoms with Gasteiger partial charge in [-0.1, -0.05) is 6.58 Å². The maximum Gasteiger partial charge on any atom is 0.0662 e. The Morgan fingerprint density at radius 3 is 3.05 bits per heavy atom. The van der Waals surface area contributed by atoms with E-state index in [0.717, 1.165) is 45.6 Å². The molecular weight excluding hydrogens is 266 g/mol. The van der Waals surface area contributed by atoms with E-state index in [1.165, 1.54) is 5.56 Å². The van der Waals surface area contributed by atoms with Gasteiger partial charge in [-0.25, -0.2) is 4.68 Å². The van der Waals surface area contributed by atoms with Crippen LogP contribution in [0, 0.1) is 5.41 Å². The summed E-state index contributed by atoms with van der Waals surface area (Å²) >= 11 is 0. The minimum Gasteiger partial charge on any atom is -0.381 e. The molecule has 1 aliphatic heterocycles. The molecule has 0 bridgehead atoms. The Bertz CT molecular complexity index is 480. The van der Waals surface area contributed by atoms with Gasteiger partial charge in [0.25, 0.3) is 0 Å². The lowest BCUT2D eigenvalue weighted by Crippen LogP contribution is -2.65. The van der Waals surface area contributed by atoms with Gasteiger partial charge in [0.15, 0.2) is 0 Å². The van der Waals surface area contributed by atoms with Crippen molar-refractivity contribution in [1.29, 1.82) is 0 Å². The minimum absolute atomic E-state index is 0.267. The van der Waals surface area contributed by atoms with Crippen LogP contribution >= 0.6 is 0 Å². The Balaban J connectivity index is 1.60. The van der Waals surface area contributed by atoms with Gasteiger partial charge in [0.2, 0.25) is 0 Å². The van der Waals surface area contributed by atoms with Gasteiger partial charge in [0, 0.05) is 55.8 Å². The number of nitrogens with zero attached hydrogens (tertiary/aromatic N) is 2. The van der Waals surface area contributed by atoms with Crippen molar-refractivity contribution in [2.45, 2.75) is 44.9 Å². The van der Waals surface area contributed by atoms with Gasteiger partial charge >= 0.3 is 0 Å². The van der Waals surface area contributed by atoms with Gasteiger partial charge in [-0.05, 0) is 26.2 Å². The molecule has 2 heterocycles. The Hall–Kier alpha value is -1.17. The number of rotatable bonds is 6. The molecular formula is C16H25N3O2. The fourth-order valence-electron chi connectivity index (χ4n) is 3.70. The molecule has 1 aromatic heterocycles. The highest BCUT2D eigenvalue weighted by Gasteiger charge is 2.55. The molecule has 1 saturated heterocycles. The summed E-state index contributed by atoms with van der Waals surface area (Å²) in [5.74, 6) is 0. The summed E-state index contributed by atoms with van der Waals surface area (Å²) in [5.41, 5.74) is 1.46. The number of aromatic nitrogens is 2. The van der Waals surface area contributed by atoms with Crippen LogP contribution in [0.4, 0.5) is 0 Å². The molecule has 0 aromatic carbocycles. The molecule has 0 amide bonds. The normalized spacial score (nSPS) is 27.5. The van der Waals surface area contributed by atoms with Crippen LogP contribution in [0.15, 0.2) is 19.0 Å². The van der Waals surface area contributed by atoms with Crippen LogP contribution in [0.2, 0.25) is 0 Å². The predicted molar refractivity (Wildman–Crippen MR) is 81.8 cm³/mol. The molecule has 2 fully saturated rings. The molecule has 1 spiro atoms. The third kappa shape index (κ3) is 2.78. The van der Waals surface area contributed by atoms with Crippen molar-refractivity contribution in [3.05, 3.63) is 24.5 Å². The summed E-state index contributed by atoms with van der Waals surface area (Å²) < 4.78 is 13.2. The molecule has 1 N–H and O–H groups in total. The average Bonchev–Trinajstić information content (AvgIpc) is 2.99. The topological polar surface area (TPSA) is 48.3 Å². The first kappa shape index (κ1) is 14.8. The second kappa shape index (κ2) is 6.30. The van der Waals surface area contributed by atoms with Crippen molar-refractivity contribution >= 4 is 6.20 Å². The van der Waals surface area contributed by atoms with E-state index in [9.17, 15) is 0 Å². The van der Waals surface area contributed by atoms with Crippen LogP contribution in [-0.2, 0) is 16.0 Å². The molecule has 116 valence electrons. The van der Waals surface area contributed by atoms with E-state index in [1.54, 1.807) is 10.9 Å². The van der Waals surface area contributed by atoms with E-state index in [4.69, 9.17) is 9.47 Å². The zero-order valence-electron chi connectivity index (χ0n) is 12.8. The van der Waals surface area contributed by atoms with E-state index < -0.39 is 0 Å². The summed E-state index contributed by atoms with van der Waals surface area (Å²) in [6, 6.07) is 0.519. The van der Waals surface area contributed by atoms with Crippen molar-refractivity contribution in [1.82, 2.24) is 15.1 Å². The molecule has 2 atom stereocenters. The maximum atomic E-state index is 5.95. The lowest BCUT2D eigenvalue weighted by molar-refractivity contribution is -0.173. The Morgan fingerprint density at radius 2 is 2.38 bits per heavy atom. The van der Waals surface area contributed by atoms with Crippen LogP contribution in [0.3, 0.4) is 0 Å². The van der Waals surface area contributed by atoms with E-state index in [-0.39, 0.29) is 5.41 Å². The van der Waals surface area contributed by atoms with Gasteiger partial charge in [-0.15, -0.1) is 0 Å². The average molecular weight is 291 g/mol. The molecule has 1 saturated carbocycles. The third-order valence-electron chi connectivity index (χ3n) is 4.97. The molecule has 2 aliphatic rings. The quantitative estimate of drug-likeness (QED) is 0.871. The summed E-state index contributed by atoms with van der Waals surface area (Å²) in [7, 11) is 0. The van der Waals surface area contributed by atoms with Crippen molar-refractivity contribution in [2.24, 2.45) is 5.41 Å². The van der Waals surface area contributed by atoms with Gasteiger partial charge in [-0.3, -0.25) is 0 Å². The molecule has 5 nitrogen and oxygen atoms in total. The standard InChI is InChI=1S/C16H25N3O2/c1-3-19-12-13(11-18-19)10-17-14-9-15(21-4-2)16(14)5-7-20-8-6-16/h3,11-12,14-15,17H,1,4-10H2,2H3/t14-,15-/m0/s1. The molecule has 21 heavy (non-hydrogen) atoms. The van der Waals surface area contributed by atoms with Gasteiger partial charge in [-0.2, -0.15) is 5.10 Å². The van der Waals surface area contributed by atoms with Crippen molar-refractivity contribution < 1.29 is 9.47 Å². The molecule has 5 heteroatoms. The van der Waals surface area contributed by atoms with Crippen molar-refractivity contribution in [2.75, 3.05) is 19.8 Å². The van der Waals surface area contributed by atoms with Gasteiger partial charge < -0.3 is 14.8 Å². The van der Waals surface area contributed by atoms with Crippen molar-refractivity contribution in [3.63, 3.8) is 0 Å². The number of ether oxygens (including phenoxy) is 2. The van der Waals surface area contributed by atoms with E-state index in [1.807, 2.05) is 12.4 Å². The molecule has 0 radical (unpaired) electrons. The summed E-state index contributed by atoms with van der Waals surface area (Å²) in [4.78, 5) is 0. The van der Waals surface area contributed by atoms with Crippen LogP contribution in [0.1, 0.15) is 31.7 Å². The summed E-state index contributed by atoms with van der Waals surface area (Å²) in [6.07, 6.45) is 9.29. The predicted octanol–water partition coefficient (Wildman–Crippen LogP) is 2.05. The fourth-order valence-corrected chi connectivity index (χ4v) is 3.70. The summed E-state index contributed by atoms with van der Waals surface area (Å²) in [6.45, 7) is 9.16. The molecule has 1 aliphatic carbocycles. The fraction of sp³-hybridized carbons (Fsp3) is 0.688. The van der Waals surface area contributed by atoms with Gasteiger partial charge in [0.1, 0.15) is 0 Å². The van der Waals surface area contributed by atoms with Crippen LogP contribution in [-0.4, -0.2) is 41.7 Å². The highest BCUT2D eigenvalue weighted by Crippen LogP contribution is 2.50. The lowest BCUT2D eigenvalue weighted by atomic mass is 9.57. The van der Waals surface area contributed by atoms with Crippen molar-refractivity contribution in [3.8, 4) is 0 Å². The first-order valence-electron chi connectivity index (χ1n) is 7.87. The molecule has 1 aromatic rings. The SMILES string of the molecule is C=Cn1cc(CN[C@H]2C[C@H](OCC)C23CCOCC3)cn1. The van der Waals surface area contributed by atoms with Crippen LogP contribution in [0.5, 0.6) is 0 Å².